The molecule has 22 rings (SSSR count). The van der Waals surface area contributed by atoms with E-state index >= 15 is 0 Å². The van der Waals surface area contributed by atoms with Gasteiger partial charge in [-0.2, -0.15) is 0 Å². The van der Waals surface area contributed by atoms with Crippen molar-refractivity contribution in [3.05, 3.63) is 0 Å². The van der Waals surface area contributed by atoms with E-state index in [1.54, 1.807) is 0 Å². The van der Waals surface area contributed by atoms with Crippen molar-refractivity contribution in [2.75, 3.05) is 39.6 Å². The normalized spacial score (nSPS) is 55.4. The van der Waals surface area contributed by atoms with Gasteiger partial charge in [0.15, 0.2) is 37.7 Å². The summed E-state index contributed by atoms with van der Waals surface area (Å²) in [5.41, 5.74) is 12.6. The Balaban J connectivity index is 1.19. The zero-order valence-electron chi connectivity index (χ0n) is 34.8. The Hall–Kier alpha value is -1.20. The smallest absolute Gasteiger partial charge is 0.187 e. The number of hydrogen-bond donors (Lipinski definition) is 18. The molecular formula is C36H62N2O28. The minimum Gasteiger partial charge on any atom is -0.394 e. The van der Waals surface area contributed by atoms with Crippen LogP contribution in [0.4, 0.5) is 0 Å². The van der Waals surface area contributed by atoms with Crippen LogP contribution in [0.1, 0.15) is 0 Å². The first kappa shape index (κ1) is 52.6. The number of hydrogen-bond acceptors (Lipinski definition) is 30. The highest BCUT2D eigenvalue weighted by Crippen LogP contribution is 2.37. The third-order valence-electron chi connectivity index (χ3n) is 12.8. The van der Waals surface area contributed by atoms with Gasteiger partial charge in [-0.15, -0.1) is 0 Å². The highest BCUT2D eigenvalue weighted by atomic mass is 16.8. The summed E-state index contributed by atoms with van der Waals surface area (Å²) in [5.74, 6) is 0. The van der Waals surface area contributed by atoms with Gasteiger partial charge in [0.1, 0.15) is 134 Å². The minimum absolute atomic E-state index is 0.907. The van der Waals surface area contributed by atoms with Crippen molar-refractivity contribution >= 4 is 0 Å². The van der Waals surface area contributed by atoms with Crippen molar-refractivity contribution in [3.8, 4) is 0 Å². The predicted octanol–water partition coefficient (Wildman–Crippen LogP) is -13.1. The van der Waals surface area contributed by atoms with E-state index in [-0.39, 0.29) is 0 Å². The van der Waals surface area contributed by atoms with E-state index in [4.69, 9.17) is 68.3 Å². The van der Waals surface area contributed by atoms with Crippen molar-refractivity contribution in [2.24, 2.45) is 11.5 Å². The van der Waals surface area contributed by atoms with Crippen LogP contribution in [0.15, 0.2) is 0 Å². The molecule has 384 valence electrons. The Bertz CT molecular complexity index is 1240. The van der Waals surface area contributed by atoms with E-state index in [1.807, 2.05) is 0 Å². The lowest BCUT2D eigenvalue weighted by Gasteiger charge is -2.51. The molecule has 66 heavy (non-hydrogen) atoms. The molecule has 30 atom stereocenters. The van der Waals surface area contributed by atoms with E-state index in [1.165, 1.54) is 0 Å². The van der Waals surface area contributed by atoms with Crippen molar-refractivity contribution in [1.29, 1.82) is 0 Å². The summed E-state index contributed by atoms with van der Waals surface area (Å²) in [6, 6.07) is -3.18. The van der Waals surface area contributed by atoms with Crippen molar-refractivity contribution in [3.63, 3.8) is 0 Å². The predicted molar refractivity (Wildman–Crippen MR) is 200 cm³/mol. The van der Waals surface area contributed by atoms with Gasteiger partial charge < -0.3 is 150 Å². The standard InChI is InChI=1S/C36H62N2O28/c37-13-15(45)31-55-8(2-40)26(13)62-34-22(52)18(48)29(11(5-43)58-34)65-36-24(54)20(50)30(12(6-44)60-36)66-35-23(53)19(49)28(10(4-42)59-35)64-32-16(46)14(38)25(7(1-39)56-32)61-33-21(51)17(47)27(63-31)9(3-41)57-33/h7-36,39-54H,1-6,37-38H2/t7-,8-,9-,10-,11-,12-,13-,14-,15-,16-,17-,18-,19-,20-,21-,22-,23-,24-,25-,26-,27-,28-,29-,30-,31-,32-,33-,34-,35-,36-/m1/s1. The number of ether oxygens (including phenoxy) is 12. The Labute approximate surface area is 373 Å². The fraction of sp³-hybridized carbons (Fsp3) is 1.00. The lowest BCUT2D eigenvalue weighted by Crippen LogP contribution is -2.70. The molecule has 0 amide bonds. The SMILES string of the molecule is N[C@@H]1[C@@H](O)[C@H]2O[C@H]3[C@H](O)[C@@H](O)[C@@H](O[C@H]4[C@H](O)[C@@H](O)[C@@H](O[C@H]5[C@H](O)[C@@H](O)[C@@H](O[C@H]6[C@H](N)[C@@H](O)[C@@H](O[C@H]7[C@H](O)[C@@H](O)[C@@H](O[C@@H]1[C@@H](CO)O2)O[C@@H]7CO)O[C@@H]6CO)O[C@@H]5CO)O[C@@H]4CO)O[C@@H]3CO. The van der Waals surface area contributed by atoms with Crippen LogP contribution in [0.3, 0.4) is 0 Å². The van der Waals surface area contributed by atoms with Gasteiger partial charge in [-0.1, -0.05) is 0 Å². The quantitative estimate of drug-likeness (QED) is 0.117. The molecule has 0 saturated carbocycles. The van der Waals surface area contributed by atoms with Crippen molar-refractivity contribution in [2.45, 2.75) is 184 Å². The van der Waals surface area contributed by atoms with Crippen LogP contribution >= 0.6 is 0 Å². The maximum atomic E-state index is 11.3. The summed E-state index contributed by atoms with van der Waals surface area (Å²) in [7, 11) is 0. The zero-order valence-corrected chi connectivity index (χ0v) is 34.8. The molecule has 0 unspecified atom stereocenters. The molecule has 0 aromatic carbocycles. The summed E-state index contributed by atoms with van der Waals surface area (Å²) in [4.78, 5) is 0. The van der Waals surface area contributed by atoms with Crippen LogP contribution in [0, 0.1) is 0 Å². The maximum absolute atomic E-state index is 11.3. The first-order chi connectivity index (χ1) is 31.4. The Morgan fingerprint density at radius 2 is 0.394 bits per heavy atom. The van der Waals surface area contributed by atoms with Crippen LogP contribution < -0.4 is 11.5 Å². The molecule has 30 heteroatoms. The number of nitrogens with two attached hydrogens (primary N) is 2. The Morgan fingerprint density at radius 3 is 0.591 bits per heavy atom. The van der Waals surface area contributed by atoms with E-state index in [0.717, 1.165) is 0 Å². The number of aliphatic hydroxyl groups excluding tert-OH is 16. The molecule has 22 aliphatic heterocycles. The van der Waals surface area contributed by atoms with E-state index < -0.39 is 224 Å². The molecule has 0 radical (unpaired) electrons. The Morgan fingerprint density at radius 1 is 0.227 bits per heavy atom. The van der Waals surface area contributed by atoms with Crippen LogP contribution in [0.2, 0.25) is 0 Å². The van der Waals surface area contributed by atoms with E-state index in [0.29, 0.717) is 0 Å². The summed E-state index contributed by atoms with van der Waals surface area (Å²) < 4.78 is 68.8. The minimum atomic E-state index is -2.12. The summed E-state index contributed by atoms with van der Waals surface area (Å²) in [5, 5.41) is 174. The molecule has 22 saturated heterocycles. The third kappa shape index (κ3) is 10.0. The van der Waals surface area contributed by atoms with E-state index in [9.17, 15) is 81.7 Å². The fourth-order valence-corrected chi connectivity index (χ4v) is 9.04. The van der Waals surface area contributed by atoms with Gasteiger partial charge in [-0.3, -0.25) is 0 Å². The highest BCUT2D eigenvalue weighted by molar-refractivity contribution is 5.02. The molecule has 0 spiro atoms. The maximum Gasteiger partial charge on any atom is 0.187 e. The molecule has 22 aliphatic rings. The van der Waals surface area contributed by atoms with Gasteiger partial charge in [-0.05, 0) is 0 Å². The van der Waals surface area contributed by atoms with E-state index in [2.05, 4.69) is 0 Å². The monoisotopic (exact) mass is 970 g/mol. The van der Waals surface area contributed by atoms with Gasteiger partial charge >= 0.3 is 0 Å². The summed E-state index contributed by atoms with van der Waals surface area (Å²) in [6.07, 6.45) is -51.7. The second-order valence-corrected chi connectivity index (χ2v) is 17.0. The van der Waals surface area contributed by atoms with Crippen molar-refractivity contribution < 1.29 is 139 Å². The molecule has 22 fully saturated rings. The molecule has 20 N–H and O–H groups in total. The summed E-state index contributed by atoms with van der Waals surface area (Å²) >= 11 is 0. The van der Waals surface area contributed by atoms with Crippen LogP contribution in [0.5, 0.6) is 0 Å². The van der Waals surface area contributed by atoms with Crippen LogP contribution in [-0.2, 0) is 56.8 Å². The van der Waals surface area contributed by atoms with Gasteiger partial charge in [0.25, 0.3) is 0 Å². The lowest BCUT2D eigenvalue weighted by molar-refractivity contribution is -0.397. The van der Waals surface area contributed by atoms with Crippen LogP contribution in [0.25, 0.3) is 0 Å². The fourth-order valence-electron chi connectivity index (χ4n) is 9.04. The molecule has 30 nitrogen and oxygen atoms in total. The lowest BCUT2D eigenvalue weighted by atomic mass is 9.94. The second-order valence-electron chi connectivity index (χ2n) is 17.0. The Kier molecular flexibility index (Phi) is 17.6. The summed E-state index contributed by atoms with van der Waals surface area (Å²) in [6.45, 7) is -5.65. The second kappa shape index (κ2) is 22.1. The van der Waals surface area contributed by atoms with Crippen molar-refractivity contribution in [1.82, 2.24) is 0 Å². The van der Waals surface area contributed by atoms with Gasteiger partial charge in [0, 0.05) is 0 Å². The first-order valence-corrected chi connectivity index (χ1v) is 21.3. The molecule has 0 aliphatic carbocycles. The number of aliphatic hydroxyl groups is 16. The van der Waals surface area contributed by atoms with Gasteiger partial charge in [0.05, 0.1) is 51.7 Å². The average molecular weight is 971 g/mol. The molecule has 0 aromatic heterocycles. The molecule has 0 aromatic rings. The van der Waals surface area contributed by atoms with Gasteiger partial charge in [-0.25, -0.2) is 0 Å². The molecular weight excluding hydrogens is 908 g/mol. The molecule has 22 heterocycles. The third-order valence-corrected chi connectivity index (χ3v) is 12.8. The zero-order chi connectivity index (χ0) is 48.0. The average Bonchev–Trinajstić information content (AvgIpc) is 3.31. The van der Waals surface area contributed by atoms with Crippen LogP contribution in [-0.4, -0.2) is 305 Å². The highest BCUT2D eigenvalue weighted by Gasteiger charge is 2.58. The topological polar surface area (TPSA) is 486 Å². The molecule has 12 bridgehead atoms. The largest absolute Gasteiger partial charge is 0.394 e. The van der Waals surface area contributed by atoms with Gasteiger partial charge in [0.2, 0.25) is 0 Å². The first-order valence-electron chi connectivity index (χ1n) is 21.3. The number of rotatable bonds is 6.